The highest BCUT2D eigenvalue weighted by atomic mass is 32.2. The predicted octanol–water partition coefficient (Wildman–Crippen LogP) is 2.96. The van der Waals surface area contributed by atoms with Crippen LogP contribution in [0.25, 0.3) is 0 Å². The van der Waals surface area contributed by atoms with Crippen molar-refractivity contribution < 1.29 is 22.7 Å². The molecule has 2 aromatic rings. The number of hydrogen-bond acceptors (Lipinski definition) is 5. The number of ether oxygens (including phenoxy) is 1. The van der Waals surface area contributed by atoms with Gasteiger partial charge in [0.1, 0.15) is 6.04 Å². The second kappa shape index (κ2) is 8.88. The fourth-order valence-electron chi connectivity index (χ4n) is 2.92. The van der Waals surface area contributed by atoms with E-state index in [0.717, 1.165) is 16.1 Å². The maximum Gasteiger partial charge on any atom is 0.339 e. The van der Waals surface area contributed by atoms with Crippen LogP contribution in [-0.4, -0.2) is 39.7 Å². The van der Waals surface area contributed by atoms with Gasteiger partial charge in [0.25, 0.3) is 0 Å². The number of methoxy groups -OCH3 is 1. The highest BCUT2D eigenvalue weighted by Gasteiger charge is 2.32. The fraction of sp³-hybridized carbons (Fsp3) is 0.300. The largest absolute Gasteiger partial charge is 0.465 e. The van der Waals surface area contributed by atoms with E-state index in [4.69, 9.17) is 4.74 Å². The first kappa shape index (κ1) is 21.4. The normalized spacial score (nSPS) is 12.1. The Morgan fingerprint density at radius 1 is 1.14 bits per heavy atom. The highest BCUT2D eigenvalue weighted by molar-refractivity contribution is 7.92. The lowest BCUT2D eigenvalue weighted by atomic mass is 10.1. The van der Waals surface area contributed by atoms with Crippen LogP contribution in [-0.2, 0) is 19.6 Å². The maximum atomic E-state index is 13.0. The first-order valence-corrected chi connectivity index (χ1v) is 10.6. The molecule has 0 saturated carbocycles. The molecule has 0 spiro atoms. The third-order valence-electron chi connectivity index (χ3n) is 4.18. The highest BCUT2D eigenvalue weighted by Crippen LogP contribution is 2.25. The van der Waals surface area contributed by atoms with Crippen LogP contribution in [0.15, 0.2) is 48.5 Å². The summed E-state index contributed by atoms with van der Waals surface area (Å²) in [6.07, 6.45) is 1.31. The van der Waals surface area contributed by atoms with E-state index in [1.54, 1.807) is 43.3 Å². The second-order valence-corrected chi connectivity index (χ2v) is 8.21. The van der Waals surface area contributed by atoms with Crippen molar-refractivity contribution in [1.82, 2.24) is 0 Å². The quantitative estimate of drug-likeness (QED) is 0.716. The molecule has 1 N–H and O–H groups in total. The van der Waals surface area contributed by atoms with Gasteiger partial charge >= 0.3 is 5.97 Å². The van der Waals surface area contributed by atoms with Crippen LogP contribution in [0.1, 0.15) is 29.3 Å². The second-order valence-electron chi connectivity index (χ2n) is 6.35. The molecule has 0 heterocycles. The Bertz CT molecular complexity index is 972. The molecule has 0 radical (unpaired) electrons. The molecule has 1 amide bonds. The van der Waals surface area contributed by atoms with Gasteiger partial charge in [-0.3, -0.25) is 9.10 Å². The number of carbonyl (C=O) groups excluding carboxylic acids is 2. The summed E-state index contributed by atoms with van der Waals surface area (Å²) in [6, 6.07) is 12.4. The molecule has 0 saturated heterocycles. The van der Waals surface area contributed by atoms with Crippen LogP contribution in [0.5, 0.6) is 0 Å². The van der Waals surface area contributed by atoms with E-state index in [2.05, 4.69) is 5.32 Å². The summed E-state index contributed by atoms with van der Waals surface area (Å²) >= 11 is 0. The lowest BCUT2D eigenvalue weighted by Gasteiger charge is -2.30. The van der Waals surface area contributed by atoms with Crippen LogP contribution in [0.4, 0.5) is 11.4 Å². The van der Waals surface area contributed by atoms with Crippen molar-refractivity contribution in [2.75, 3.05) is 23.0 Å². The van der Waals surface area contributed by atoms with E-state index in [-0.39, 0.29) is 17.7 Å². The smallest absolute Gasteiger partial charge is 0.339 e. The molecular weight excluding hydrogens is 380 g/mol. The van der Waals surface area contributed by atoms with Crippen molar-refractivity contribution in [2.45, 2.75) is 26.3 Å². The van der Waals surface area contributed by atoms with Gasteiger partial charge in [0.2, 0.25) is 15.9 Å². The fourth-order valence-corrected chi connectivity index (χ4v) is 4.13. The molecular formula is C20H24N2O5S. The van der Waals surface area contributed by atoms with E-state index in [0.29, 0.717) is 5.69 Å². The van der Waals surface area contributed by atoms with Crippen molar-refractivity contribution in [3.63, 3.8) is 0 Å². The van der Waals surface area contributed by atoms with Gasteiger partial charge in [0, 0.05) is 0 Å². The lowest BCUT2D eigenvalue weighted by molar-refractivity contribution is -0.117. The zero-order valence-electron chi connectivity index (χ0n) is 16.3. The molecule has 28 heavy (non-hydrogen) atoms. The number of esters is 1. The van der Waals surface area contributed by atoms with Crippen LogP contribution in [0.2, 0.25) is 0 Å². The van der Waals surface area contributed by atoms with Gasteiger partial charge in [0.05, 0.1) is 30.3 Å². The van der Waals surface area contributed by atoms with Gasteiger partial charge in [-0.25, -0.2) is 13.2 Å². The van der Waals surface area contributed by atoms with Crippen LogP contribution >= 0.6 is 0 Å². The Morgan fingerprint density at radius 3 is 2.39 bits per heavy atom. The number of nitrogens with one attached hydrogen (secondary N) is 1. The number of rotatable bonds is 7. The SMILES string of the molecule is CC[C@H](C(=O)Nc1ccccc1C(=O)OC)N(c1cccc(C)c1)S(C)(=O)=O. The number of benzene rings is 2. The molecule has 0 fully saturated rings. The van der Waals surface area contributed by atoms with E-state index >= 15 is 0 Å². The first-order chi connectivity index (χ1) is 13.2. The zero-order valence-corrected chi connectivity index (χ0v) is 17.1. The van der Waals surface area contributed by atoms with E-state index in [9.17, 15) is 18.0 Å². The summed E-state index contributed by atoms with van der Waals surface area (Å²) in [5, 5.41) is 2.67. The molecule has 8 heteroatoms. The van der Waals surface area contributed by atoms with Crippen molar-refractivity contribution in [3.05, 3.63) is 59.7 Å². The molecule has 1 atom stereocenters. The topological polar surface area (TPSA) is 92.8 Å². The van der Waals surface area contributed by atoms with Crippen molar-refractivity contribution in [3.8, 4) is 0 Å². The minimum atomic E-state index is -3.73. The van der Waals surface area contributed by atoms with Gasteiger partial charge in [0.15, 0.2) is 0 Å². The Kier molecular flexibility index (Phi) is 6.80. The minimum absolute atomic E-state index is 0.190. The first-order valence-electron chi connectivity index (χ1n) is 8.73. The van der Waals surface area contributed by atoms with Gasteiger partial charge in [-0.1, -0.05) is 31.2 Å². The molecule has 0 aliphatic rings. The monoisotopic (exact) mass is 404 g/mol. The molecule has 0 aliphatic heterocycles. The van der Waals surface area contributed by atoms with Gasteiger partial charge in [-0.05, 0) is 43.2 Å². The lowest BCUT2D eigenvalue weighted by Crippen LogP contribution is -2.47. The van der Waals surface area contributed by atoms with E-state index < -0.39 is 27.9 Å². The van der Waals surface area contributed by atoms with Gasteiger partial charge in [-0.15, -0.1) is 0 Å². The van der Waals surface area contributed by atoms with Crippen LogP contribution < -0.4 is 9.62 Å². The Hall–Kier alpha value is -2.87. The Morgan fingerprint density at radius 2 is 1.82 bits per heavy atom. The Balaban J connectivity index is 2.42. The van der Waals surface area contributed by atoms with Crippen molar-refractivity contribution in [2.24, 2.45) is 0 Å². The maximum absolute atomic E-state index is 13.0. The standard InChI is InChI=1S/C20H24N2O5S/c1-5-18(22(28(4,25)26)15-10-8-9-14(2)13-15)19(23)21-17-12-7-6-11-16(17)20(24)27-3/h6-13,18H,5H2,1-4H3,(H,21,23)/t18-/m1/s1. The van der Waals surface area contributed by atoms with Gasteiger partial charge in [-0.2, -0.15) is 0 Å². The van der Waals surface area contributed by atoms with Gasteiger partial charge < -0.3 is 10.1 Å². The number of para-hydroxylation sites is 1. The third kappa shape index (κ3) is 4.89. The van der Waals surface area contributed by atoms with Crippen molar-refractivity contribution in [1.29, 1.82) is 0 Å². The molecule has 0 aromatic heterocycles. The molecule has 2 aromatic carbocycles. The molecule has 0 unspecified atom stereocenters. The summed E-state index contributed by atoms with van der Waals surface area (Å²) in [7, 11) is -2.48. The average Bonchev–Trinajstić information content (AvgIpc) is 2.64. The number of sulfonamides is 1. The molecule has 2 rings (SSSR count). The summed E-state index contributed by atoms with van der Waals surface area (Å²) in [4.78, 5) is 24.9. The number of amides is 1. The van der Waals surface area contributed by atoms with Crippen LogP contribution in [0.3, 0.4) is 0 Å². The Labute approximate surface area is 165 Å². The minimum Gasteiger partial charge on any atom is -0.465 e. The third-order valence-corrected chi connectivity index (χ3v) is 5.36. The number of carbonyl (C=O) groups is 2. The molecule has 7 nitrogen and oxygen atoms in total. The summed E-state index contributed by atoms with van der Waals surface area (Å²) in [6.45, 7) is 3.57. The average molecular weight is 404 g/mol. The molecule has 150 valence electrons. The number of nitrogens with zero attached hydrogens (tertiary/aromatic N) is 1. The van der Waals surface area contributed by atoms with Crippen molar-refractivity contribution >= 4 is 33.3 Å². The summed E-state index contributed by atoms with van der Waals surface area (Å²) in [5.74, 6) is -1.13. The number of aryl methyl sites for hydroxylation is 1. The summed E-state index contributed by atoms with van der Waals surface area (Å²) in [5.41, 5.74) is 1.73. The van der Waals surface area contributed by atoms with E-state index in [1.807, 2.05) is 13.0 Å². The summed E-state index contributed by atoms with van der Waals surface area (Å²) < 4.78 is 30.8. The zero-order chi connectivity index (χ0) is 20.9. The molecule has 0 aliphatic carbocycles. The van der Waals surface area contributed by atoms with Crippen LogP contribution in [0, 0.1) is 6.92 Å². The predicted molar refractivity (Wildman–Crippen MR) is 109 cm³/mol. The molecule has 0 bridgehead atoms. The number of hydrogen-bond donors (Lipinski definition) is 1. The number of anilines is 2. The van der Waals surface area contributed by atoms with E-state index in [1.165, 1.54) is 13.2 Å².